The Morgan fingerprint density at radius 2 is 1.61 bits per heavy atom. The van der Waals surface area contributed by atoms with Crippen molar-refractivity contribution in [1.82, 2.24) is 10.2 Å². The van der Waals surface area contributed by atoms with Crippen molar-refractivity contribution in [2.45, 2.75) is 32.4 Å². The summed E-state index contributed by atoms with van der Waals surface area (Å²) in [7, 11) is -2.52. The van der Waals surface area contributed by atoms with Crippen LogP contribution in [-0.2, 0) is 32.6 Å². The van der Waals surface area contributed by atoms with Crippen LogP contribution in [0.15, 0.2) is 66.7 Å². The first-order chi connectivity index (χ1) is 19.5. The number of carbonyl (C=O) groups is 2. The van der Waals surface area contributed by atoms with E-state index in [0.717, 1.165) is 16.1 Å². The molecule has 41 heavy (non-hydrogen) atoms. The number of rotatable bonds is 13. The molecule has 1 unspecified atom stereocenters. The predicted molar refractivity (Wildman–Crippen MR) is 164 cm³/mol. The van der Waals surface area contributed by atoms with Crippen molar-refractivity contribution in [2.75, 3.05) is 30.8 Å². The fourth-order valence-electron chi connectivity index (χ4n) is 4.20. The number of ether oxygens (including phenoxy) is 1. The molecule has 1 atom stereocenters. The van der Waals surface area contributed by atoms with Gasteiger partial charge in [-0.05, 0) is 42.3 Å². The molecule has 0 aliphatic rings. The first kappa shape index (κ1) is 32.5. The minimum Gasteiger partial charge on any atom is -0.495 e. The maximum Gasteiger partial charge on any atom is 0.244 e. The normalized spacial score (nSPS) is 12.0. The third kappa shape index (κ3) is 8.75. The van der Waals surface area contributed by atoms with Gasteiger partial charge in [0.1, 0.15) is 18.3 Å². The maximum atomic E-state index is 14.1. The van der Waals surface area contributed by atoms with E-state index in [9.17, 15) is 18.0 Å². The summed E-state index contributed by atoms with van der Waals surface area (Å²) in [6.45, 7) is 1.59. The van der Waals surface area contributed by atoms with Gasteiger partial charge in [0.25, 0.3) is 0 Å². The van der Waals surface area contributed by atoms with E-state index in [1.165, 1.54) is 30.2 Å². The van der Waals surface area contributed by atoms with E-state index in [4.69, 9.17) is 39.5 Å². The lowest BCUT2D eigenvalue weighted by atomic mass is 10.0. The Kier molecular flexibility index (Phi) is 11.7. The molecule has 0 saturated carbocycles. The van der Waals surface area contributed by atoms with Crippen LogP contribution in [-0.4, -0.2) is 57.6 Å². The molecule has 0 aromatic heterocycles. The molecule has 0 aliphatic heterocycles. The number of benzene rings is 3. The number of nitrogens with one attached hydrogen (secondary N) is 1. The molecule has 0 heterocycles. The smallest absolute Gasteiger partial charge is 0.244 e. The van der Waals surface area contributed by atoms with E-state index in [0.29, 0.717) is 34.3 Å². The number of methoxy groups -OCH3 is 1. The van der Waals surface area contributed by atoms with Gasteiger partial charge in [-0.1, -0.05) is 78.1 Å². The van der Waals surface area contributed by atoms with Gasteiger partial charge in [-0.25, -0.2) is 8.42 Å². The summed E-state index contributed by atoms with van der Waals surface area (Å²) in [5.41, 5.74) is 1.41. The molecule has 12 heteroatoms. The summed E-state index contributed by atoms with van der Waals surface area (Å²) in [6, 6.07) is 17.6. The summed E-state index contributed by atoms with van der Waals surface area (Å²) in [6.07, 6.45) is 1.86. The Morgan fingerprint density at radius 1 is 0.951 bits per heavy atom. The number of anilines is 1. The van der Waals surface area contributed by atoms with E-state index in [2.05, 4.69) is 5.32 Å². The van der Waals surface area contributed by atoms with Gasteiger partial charge in [0.15, 0.2) is 0 Å². The summed E-state index contributed by atoms with van der Waals surface area (Å²) in [5, 5.41) is 3.67. The Labute approximate surface area is 256 Å². The lowest BCUT2D eigenvalue weighted by Crippen LogP contribution is -2.53. The van der Waals surface area contributed by atoms with Gasteiger partial charge in [0.05, 0.1) is 24.1 Å². The molecule has 220 valence electrons. The highest BCUT2D eigenvalue weighted by Crippen LogP contribution is 2.31. The predicted octanol–water partition coefficient (Wildman–Crippen LogP) is 5.59. The number of carbonyl (C=O) groups excluding carboxylic acids is 2. The van der Waals surface area contributed by atoms with E-state index < -0.39 is 28.5 Å². The molecular weight excluding hydrogens is 609 g/mol. The van der Waals surface area contributed by atoms with Crippen molar-refractivity contribution < 1.29 is 22.7 Å². The number of amides is 2. The van der Waals surface area contributed by atoms with Crippen LogP contribution < -0.4 is 14.4 Å². The van der Waals surface area contributed by atoms with Crippen molar-refractivity contribution in [3.63, 3.8) is 0 Å². The number of sulfonamides is 1. The minimum absolute atomic E-state index is 0.130. The molecule has 8 nitrogen and oxygen atoms in total. The zero-order valence-electron chi connectivity index (χ0n) is 22.9. The molecule has 3 rings (SSSR count). The number of hydrogen-bond acceptors (Lipinski definition) is 5. The van der Waals surface area contributed by atoms with Crippen LogP contribution >= 0.6 is 34.8 Å². The minimum atomic E-state index is -3.96. The highest BCUT2D eigenvalue weighted by Gasteiger charge is 2.33. The molecular formula is C29H32Cl3N3O5S. The second-order valence-corrected chi connectivity index (χ2v) is 12.4. The van der Waals surface area contributed by atoms with Gasteiger partial charge in [-0.3, -0.25) is 13.9 Å². The van der Waals surface area contributed by atoms with E-state index in [1.54, 1.807) is 18.2 Å². The second-order valence-electron chi connectivity index (χ2n) is 9.31. The Bertz CT molecular complexity index is 1450. The summed E-state index contributed by atoms with van der Waals surface area (Å²) >= 11 is 19.2. The SMILES string of the molecule is CCCNC(=O)C(Cc1ccccc1)N(Cc1c(Cl)cccc1Cl)C(=O)CN(c1ccc(OC)c(Cl)c1)S(C)(=O)=O. The zero-order valence-corrected chi connectivity index (χ0v) is 26.0. The van der Waals surface area contributed by atoms with Crippen molar-refractivity contribution in [1.29, 1.82) is 0 Å². The van der Waals surface area contributed by atoms with Crippen LogP contribution in [0.2, 0.25) is 15.1 Å². The molecule has 3 aromatic rings. The van der Waals surface area contributed by atoms with Crippen LogP contribution in [0.1, 0.15) is 24.5 Å². The lowest BCUT2D eigenvalue weighted by molar-refractivity contribution is -0.140. The topological polar surface area (TPSA) is 96.0 Å². The van der Waals surface area contributed by atoms with Crippen molar-refractivity contribution in [3.05, 3.63) is 92.9 Å². The molecule has 0 radical (unpaired) electrons. The quantitative estimate of drug-likeness (QED) is 0.263. The van der Waals surface area contributed by atoms with E-state index in [1.807, 2.05) is 37.3 Å². The van der Waals surface area contributed by atoms with Crippen LogP contribution in [0.25, 0.3) is 0 Å². The highest BCUT2D eigenvalue weighted by atomic mass is 35.5. The summed E-state index contributed by atoms with van der Waals surface area (Å²) < 4.78 is 31.9. The van der Waals surface area contributed by atoms with Gasteiger partial charge in [0.2, 0.25) is 21.8 Å². The second kappa shape index (κ2) is 14.8. The Morgan fingerprint density at radius 3 is 2.17 bits per heavy atom. The fourth-order valence-corrected chi connectivity index (χ4v) is 5.81. The Balaban J connectivity index is 2.10. The monoisotopic (exact) mass is 639 g/mol. The van der Waals surface area contributed by atoms with Crippen molar-refractivity contribution in [3.8, 4) is 5.75 Å². The summed E-state index contributed by atoms with van der Waals surface area (Å²) in [5.74, 6) is -0.669. The molecule has 0 aliphatic carbocycles. The van der Waals surface area contributed by atoms with Gasteiger partial charge >= 0.3 is 0 Å². The van der Waals surface area contributed by atoms with Gasteiger partial charge < -0.3 is 15.0 Å². The van der Waals surface area contributed by atoms with Gasteiger partial charge in [0, 0.05) is 35.1 Å². The Hall–Kier alpha value is -2.98. The number of hydrogen-bond donors (Lipinski definition) is 1. The third-order valence-electron chi connectivity index (χ3n) is 6.31. The van der Waals surface area contributed by atoms with Gasteiger partial charge in [-0.2, -0.15) is 0 Å². The lowest BCUT2D eigenvalue weighted by Gasteiger charge is -2.34. The molecule has 0 fully saturated rings. The zero-order chi connectivity index (χ0) is 30.2. The van der Waals surface area contributed by atoms with Crippen LogP contribution in [0.5, 0.6) is 5.75 Å². The van der Waals surface area contributed by atoms with Crippen molar-refractivity contribution >= 4 is 62.3 Å². The van der Waals surface area contributed by atoms with Gasteiger partial charge in [-0.15, -0.1) is 0 Å². The van der Waals surface area contributed by atoms with E-state index >= 15 is 0 Å². The van der Waals surface area contributed by atoms with Crippen LogP contribution in [0.3, 0.4) is 0 Å². The molecule has 0 saturated heterocycles. The maximum absolute atomic E-state index is 14.1. The number of nitrogens with zero attached hydrogens (tertiary/aromatic N) is 2. The fraction of sp³-hybridized carbons (Fsp3) is 0.310. The molecule has 1 N–H and O–H groups in total. The standard InChI is InChI=1S/C29H32Cl3N3O5S/c1-4-15-33-29(37)26(16-20-9-6-5-7-10-20)34(18-22-23(30)11-8-12-24(22)31)28(36)19-35(41(3,38)39)21-13-14-27(40-2)25(32)17-21/h5-14,17,26H,4,15-16,18-19H2,1-3H3,(H,33,37). The number of halogens is 3. The van der Waals surface area contributed by atoms with E-state index in [-0.39, 0.29) is 29.6 Å². The molecule has 2 amide bonds. The van der Waals surface area contributed by atoms with Crippen LogP contribution in [0.4, 0.5) is 5.69 Å². The molecule has 3 aromatic carbocycles. The first-order valence-electron chi connectivity index (χ1n) is 12.8. The molecule has 0 bridgehead atoms. The summed E-state index contributed by atoms with van der Waals surface area (Å²) in [4.78, 5) is 29.0. The average Bonchev–Trinajstić information content (AvgIpc) is 2.93. The average molecular weight is 641 g/mol. The van der Waals surface area contributed by atoms with Crippen LogP contribution in [0, 0.1) is 0 Å². The molecule has 0 spiro atoms. The first-order valence-corrected chi connectivity index (χ1v) is 15.8. The third-order valence-corrected chi connectivity index (χ3v) is 8.46. The van der Waals surface area contributed by atoms with Crippen molar-refractivity contribution in [2.24, 2.45) is 0 Å². The highest BCUT2D eigenvalue weighted by molar-refractivity contribution is 7.92. The largest absolute Gasteiger partial charge is 0.495 e.